The van der Waals surface area contributed by atoms with E-state index in [0.29, 0.717) is 0 Å². The highest BCUT2D eigenvalue weighted by atomic mass is 16.4. The fourth-order valence-electron chi connectivity index (χ4n) is 1.60. The van der Waals surface area contributed by atoms with E-state index in [9.17, 15) is 9.59 Å². The third kappa shape index (κ3) is 3.37. The van der Waals surface area contributed by atoms with Gasteiger partial charge in [0.15, 0.2) is 5.69 Å². The summed E-state index contributed by atoms with van der Waals surface area (Å²) >= 11 is 0. The Balaban J connectivity index is 2.01. The minimum Gasteiger partial charge on any atom is -0.480 e. The van der Waals surface area contributed by atoms with Gasteiger partial charge in [0.2, 0.25) is 0 Å². The van der Waals surface area contributed by atoms with Crippen molar-refractivity contribution in [1.82, 2.24) is 25.3 Å². The van der Waals surface area contributed by atoms with Crippen molar-refractivity contribution < 1.29 is 14.7 Å². The normalized spacial score (nSPS) is 11.8. The van der Waals surface area contributed by atoms with Crippen molar-refractivity contribution in [3.63, 3.8) is 0 Å². The molecule has 2 rings (SSSR count). The van der Waals surface area contributed by atoms with Gasteiger partial charge in [-0.05, 0) is 18.6 Å². The number of hydrogen-bond donors (Lipinski definition) is 2. The second-order valence-corrected chi connectivity index (χ2v) is 4.18. The molecule has 2 aromatic rings. The summed E-state index contributed by atoms with van der Waals surface area (Å²) in [6.07, 6.45) is 4.60. The molecule has 104 valence electrons. The van der Waals surface area contributed by atoms with Crippen molar-refractivity contribution in [2.24, 2.45) is 0 Å². The lowest BCUT2D eigenvalue weighted by Crippen LogP contribution is -2.27. The predicted octanol–water partition coefficient (Wildman–Crippen LogP) is 0.249. The van der Waals surface area contributed by atoms with E-state index in [1.165, 1.54) is 6.20 Å². The largest absolute Gasteiger partial charge is 0.480 e. The maximum absolute atomic E-state index is 11.9. The number of amides is 1. The van der Waals surface area contributed by atoms with E-state index in [1.54, 1.807) is 18.5 Å². The number of carboxylic acids is 1. The molecule has 0 radical (unpaired) electrons. The molecule has 8 heteroatoms. The SMILES string of the molecule is CC(NC(=O)c1cn(CC(=O)O)nn1)c1cccnc1. The number of carbonyl (C=O) groups excluding carboxylic acids is 1. The molecule has 1 unspecified atom stereocenters. The van der Waals surface area contributed by atoms with Crippen LogP contribution in [0.2, 0.25) is 0 Å². The first-order chi connectivity index (χ1) is 9.56. The van der Waals surface area contributed by atoms with Crippen molar-refractivity contribution >= 4 is 11.9 Å². The monoisotopic (exact) mass is 275 g/mol. The minimum absolute atomic E-state index is 0.0713. The Hall–Kier alpha value is -2.77. The van der Waals surface area contributed by atoms with Crippen LogP contribution < -0.4 is 5.32 Å². The number of aromatic nitrogens is 4. The van der Waals surface area contributed by atoms with E-state index in [4.69, 9.17) is 5.11 Å². The van der Waals surface area contributed by atoms with Gasteiger partial charge in [0, 0.05) is 12.4 Å². The van der Waals surface area contributed by atoms with Crippen LogP contribution in [0.15, 0.2) is 30.7 Å². The van der Waals surface area contributed by atoms with Gasteiger partial charge in [-0.1, -0.05) is 11.3 Å². The highest BCUT2D eigenvalue weighted by Gasteiger charge is 2.15. The van der Waals surface area contributed by atoms with E-state index in [1.807, 2.05) is 13.0 Å². The molecule has 0 aliphatic rings. The zero-order valence-corrected chi connectivity index (χ0v) is 10.7. The number of nitrogens with one attached hydrogen (secondary N) is 1. The standard InChI is InChI=1S/C12H13N5O3/c1-8(9-3-2-4-13-5-9)14-12(20)10-6-17(16-15-10)7-11(18)19/h2-6,8H,7H2,1H3,(H,14,20)(H,18,19). The molecular weight excluding hydrogens is 262 g/mol. The van der Waals surface area contributed by atoms with Crippen LogP contribution in [0.25, 0.3) is 0 Å². The number of pyridine rings is 1. The van der Waals surface area contributed by atoms with Crippen LogP contribution in [0.4, 0.5) is 0 Å². The summed E-state index contributed by atoms with van der Waals surface area (Å²) in [5.74, 6) is -1.47. The summed E-state index contributed by atoms with van der Waals surface area (Å²) in [5, 5.41) is 18.6. The Morgan fingerprint density at radius 2 is 2.30 bits per heavy atom. The van der Waals surface area contributed by atoms with Gasteiger partial charge >= 0.3 is 5.97 Å². The molecule has 2 aromatic heterocycles. The quantitative estimate of drug-likeness (QED) is 0.809. The number of carbonyl (C=O) groups is 2. The summed E-state index contributed by atoms with van der Waals surface area (Å²) < 4.78 is 1.09. The summed E-state index contributed by atoms with van der Waals surface area (Å²) in [5.41, 5.74) is 0.931. The third-order valence-corrected chi connectivity index (χ3v) is 2.60. The Labute approximate surface area is 114 Å². The Morgan fingerprint density at radius 1 is 1.50 bits per heavy atom. The first-order valence-electron chi connectivity index (χ1n) is 5.89. The minimum atomic E-state index is -1.05. The van der Waals surface area contributed by atoms with Crippen molar-refractivity contribution in [3.05, 3.63) is 42.0 Å². The highest BCUT2D eigenvalue weighted by Crippen LogP contribution is 2.10. The van der Waals surface area contributed by atoms with E-state index >= 15 is 0 Å². The molecule has 0 fully saturated rings. The summed E-state index contributed by atoms with van der Waals surface area (Å²) in [4.78, 5) is 26.4. The Morgan fingerprint density at radius 3 is 2.95 bits per heavy atom. The number of nitrogens with zero attached hydrogens (tertiary/aromatic N) is 4. The van der Waals surface area contributed by atoms with Gasteiger partial charge in [-0.2, -0.15) is 0 Å². The van der Waals surface area contributed by atoms with Crippen LogP contribution in [0.3, 0.4) is 0 Å². The molecule has 0 saturated heterocycles. The average molecular weight is 275 g/mol. The molecule has 0 aliphatic heterocycles. The van der Waals surface area contributed by atoms with E-state index in [-0.39, 0.29) is 18.3 Å². The number of carboxylic acid groups (broad SMARTS) is 1. The fourth-order valence-corrected chi connectivity index (χ4v) is 1.60. The van der Waals surface area contributed by atoms with Gasteiger partial charge < -0.3 is 10.4 Å². The van der Waals surface area contributed by atoms with Crippen LogP contribution in [0.5, 0.6) is 0 Å². The topological polar surface area (TPSA) is 110 Å². The van der Waals surface area contributed by atoms with Crippen LogP contribution in [-0.4, -0.2) is 37.0 Å². The van der Waals surface area contributed by atoms with E-state index in [0.717, 1.165) is 10.2 Å². The van der Waals surface area contributed by atoms with Crippen molar-refractivity contribution in [2.75, 3.05) is 0 Å². The number of rotatable bonds is 5. The maximum atomic E-state index is 11.9. The second kappa shape index (κ2) is 5.91. The maximum Gasteiger partial charge on any atom is 0.325 e. The molecule has 0 saturated carbocycles. The molecule has 2 heterocycles. The number of hydrogen-bond acceptors (Lipinski definition) is 5. The molecule has 0 bridgehead atoms. The number of aliphatic carboxylic acids is 1. The van der Waals surface area contributed by atoms with E-state index in [2.05, 4.69) is 20.6 Å². The molecule has 8 nitrogen and oxygen atoms in total. The van der Waals surface area contributed by atoms with Gasteiger partial charge in [-0.3, -0.25) is 14.6 Å². The van der Waals surface area contributed by atoms with Crippen molar-refractivity contribution in [1.29, 1.82) is 0 Å². The van der Waals surface area contributed by atoms with Crippen LogP contribution in [-0.2, 0) is 11.3 Å². The lowest BCUT2D eigenvalue weighted by molar-refractivity contribution is -0.137. The molecule has 0 aromatic carbocycles. The lowest BCUT2D eigenvalue weighted by Gasteiger charge is -2.12. The molecule has 20 heavy (non-hydrogen) atoms. The average Bonchev–Trinajstić information content (AvgIpc) is 2.87. The van der Waals surface area contributed by atoms with Gasteiger partial charge in [0.05, 0.1) is 12.2 Å². The Kier molecular flexibility index (Phi) is 4.04. The fraction of sp³-hybridized carbons (Fsp3) is 0.250. The first-order valence-corrected chi connectivity index (χ1v) is 5.89. The molecule has 1 atom stereocenters. The summed E-state index contributed by atoms with van der Waals surface area (Å²) in [7, 11) is 0. The molecular formula is C12H13N5O3. The van der Waals surface area contributed by atoms with Gasteiger partial charge in [0.1, 0.15) is 6.54 Å². The smallest absolute Gasteiger partial charge is 0.325 e. The van der Waals surface area contributed by atoms with Gasteiger partial charge in [-0.15, -0.1) is 5.10 Å². The van der Waals surface area contributed by atoms with Gasteiger partial charge in [-0.25, -0.2) is 4.68 Å². The van der Waals surface area contributed by atoms with Crippen molar-refractivity contribution in [3.8, 4) is 0 Å². The van der Waals surface area contributed by atoms with Crippen LogP contribution >= 0.6 is 0 Å². The summed E-state index contributed by atoms with van der Waals surface area (Å²) in [6, 6.07) is 3.39. The van der Waals surface area contributed by atoms with E-state index < -0.39 is 11.9 Å². The summed E-state index contributed by atoms with van der Waals surface area (Å²) in [6.45, 7) is 1.48. The molecule has 2 N–H and O–H groups in total. The Bertz CT molecular complexity index is 611. The molecule has 1 amide bonds. The zero-order valence-electron chi connectivity index (χ0n) is 10.7. The first kappa shape index (κ1) is 13.7. The second-order valence-electron chi connectivity index (χ2n) is 4.18. The third-order valence-electron chi connectivity index (χ3n) is 2.60. The van der Waals surface area contributed by atoms with Crippen LogP contribution in [0, 0.1) is 0 Å². The van der Waals surface area contributed by atoms with Gasteiger partial charge in [0.25, 0.3) is 5.91 Å². The molecule has 0 spiro atoms. The highest BCUT2D eigenvalue weighted by molar-refractivity contribution is 5.92. The van der Waals surface area contributed by atoms with Crippen LogP contribution in [0.1, 0.15) is 29.0 Å². The lowest BCUT2D eigenvalue weighted by atomic mass is 10.1. The molecule has 0 aliphatic carbocycles. The predicted molar refractivity (Wildman–Crippen MR) is 67.8 cm³/mol. The zero-order chi connectivity index (χ0) is 14.5. The van der Waals surface area contributed by atoms with Crippen molar-refractivity contribution in [2.45, 2.75) is 19.5 Å².